The SMILES string of the molecule is CCc1ccc(C(=O)Nc2cc(C)ccc2N)s1. The van der Waals surface area contributed by atoms with E-state index in [-0.39, 0.29) is 5.91 Å². The van der Waals surface area contributed by atoms with Gasteiger partial charge in [0.2, 0.25) is 0 Å². The van der Waals surface area contributed by atoms with Crippen molar-refractivity contribution >= 4 is 28.6 Å². The first-order valence-corrected chi connectivity index (χ1v) is 6.68. The summed E-state index contributed by atoms with van der Waals surface area (Å²) < 4.78 is 0. The third-order valence-corrected chi connectivity index (χ3v) is 3.92. The van der Waals surface area contributed by atoms with Crippen LogP contribution in [0.3, 0.4) is 0 Å². The number of nitrogens with one attached hydrogen (secondary N) is 1. The molecule has 94 valence electrons. The molecule has 0 aliphatic rings. The van der Waals surface area contributed by atoms with E-state index in [9.17, 15) is 4.79 Å². The van der Waals surface area contributed by atoms with Crippen molar-refractivity contribution in [3.05, 3.63) is 45.6 Å². The number of hydrogen-bond acceptors (Lipinski definition) is 3. The number of anilines is 2. The summed E-state index contributed by atoms with van der Waals surface area (Å²) in [5.74, 6) is -0.1000. The van der Waals surface area contributed by atoms with Gasteiger partial charge in [-0.1, -0.05) is 13.0 Å². The topological polar surface area (TPSA) is 55.1 Å². The van der Waals surface area contributed by atoms with Crippen molar-refractivity contribution < 1.29 is 4.79 Å². The molecule has 0 atom stereocenters. The third kappa shape index (κ3) is 2.71. The highest BCUT2D eigenvalue weighted by Crippen LogP contribution is 2.22. The van der Waals surface area contributed by atoms with Crippen LogP contribution in [0.15, 0.2) is 30.3 Å². The van der Waals surface area contributed by atoms with Crippen molar-refractivity contribution in [3.63, 3.8) is 0 Å². The molecular formula is C14H16N2OS. The van der Waals surface area contributed by atoms with Gasteiger partial charge >= 0.3 is 0 Å². The Morgan fingerprint density at radius 2 is 2.11 bits per heavy atom. The molecule has 0 aliphatic heterocycles. The Morgan fingerprint density at radius 3 is 2.78 bits per heavy atom. The zero-order valence-corrected chi connectivity index (χ0v) is 11.3. The van der Waals surface area contributed by atoms with Crippen molar-refractivity contribution in [1.29, 1.82) is 0 Å². The fraction of sp³-hybridized carbons (Fsp3) is 0.214. The summed E-state index contributed by atoms with van der Waals surface area (Å²) >= 11 is 1.52. The van der Waals surface area contributed by atoms with E-state index < -0.39 is 0 Å². The lowest BCUT2D eigenvalue weighted by Crippen LogP contribution is -2.11. The molecule has 1 amide bonds. The van der Waals surface area contributed by atoms with Crippen LogP contribution >= 0.6 is 11.3 Å². The summed E-state index contributed by atoms with van der Waals surface area (Å²) in [5, 5.41) is 2.85. The normalized spacial score (nSPS) is 10.3. The monoisotopic (exact) mass is 260 g/mol. The molecule has 1 heterocycles. The largest absolute Gasteiger partial charge is 0.397 e. The standard InChI is InChI=1S/C14H16N2OS/c1-3-10-5-7-13(18-10)14(17)16-12-8-9(2)4-6-11(12)15/h4-8H,3,15H2,1-2H3,(H,16,17). The van der Waals surface area contributed by atoms with Crippen LogP contribution in [0.2, 0.25) is 0 Å². The number of nitrogen functional groups attached to an aromatic ring is 1. The fourth-order valence-corrected chi connectivity index (χ4v) is 2.49. The van der Waals surface area contributed by atoms with E-state index in [2.05, 4.69) is 12.2 Å². The van der Waals surface area contributed by atoms with Crippen molar-refractivity contribution in [2.24, 2.45) is 0 Å². The Balaban J connectivity index is 2.18. The minimum atomic E-state index is -0.1000. The molecule has 1 aromatic heterocycles. The van der Waals surface area contributed by atoms with Crippen molar-refractivity contribution in [1.82, 2.24) is 0 Å². The number of aryl methyl sites for hydroxylation is 2. The van der Waals surface area contributed by atoms with Gasteiger partial charge in [0.15, 0.2) is 0 Å². The molecule has 3 N–H and O–H groups in total. The zero-order chi connectivity index (χ0) is 13.1. The van der Waals surface area contributed by atoms with Crippen LogP contribution in [-0.4, -0.2) is 5.91 Å². The van der Waals surface area contributed by atoms with Crippen LogP contribution in [0, 0.1) is 6.92 Å². The molecule has 2 rings (SSSR count). The molecule has 18 heavy (non-hydrogen) atoms. The number of hydrogen-bond donors (Lipinski definition) is 2. The second-order valence-electron chi connectivity index (χ2n) is 4.16. The summed E-state index contributed by atoms with van der Waals surface area (Å²) in [6.07, 6.45) is 0.949. The highest BCUT2D eigenvalue weighted by molar-refractivity contribution is 7.14. The van der Waals surface area contributed by atoms with E-state index in [4.69, 9.17) is 5.73 Å². The average Bonchev–Trinajstić information content (AvgIpc) is 2.82. The number of benzene rings is 1. The molecule has 3 nitrogen and oxygen atoms in total. The molecule has 0 fully saturated rings. The maximum absolute atomic E-state index is 12.1. The van der Waals surface area contributed by atoms with Gasteiger partial charge in [-0.25, -0.2) is 0 Å². The number of nitrogens with two attached hydrogens (primary N) is 1. The molecule has 0 unspecified atom stereocenters. The first-order chi connectivity index (χ1) is 8.60. The number of amides is 1. The smallest absolute Gasteiger partial charge is 0.265 e. The number of thiophene rings is 1. The first kappa shape index (κ1) is 12.6. The quantitative estimate of drug-likeness (QED) is 0.830. The van der Waals surface area contributed by atoms with Gasteiger partial charge in [0.05, 0.1) is 16.3 Å². The predicted octanol–water partition coefficient (Wildman–Crippen LogP) is 3.45. The van der Waals surface area contributed by atoms with Gasteiger partial charge in [-0.2, -0.15) is 0 Å². The Morgan fingerprint density at radius 1 is 1.33 bits per heavy atom. The Bertz CT molecular complexity index is 575. The molecule has 0 bridgehead atoms. The molecule has 0 saturated carbocycles. The summed E-state index contributed by atoms with van der Waals surface area (Å²) in [5.41, 5.74) is 8.16. The molecular weight excluding hydrogens is 244 g/mol. The van der Waals surface area contributed by atoms with Crippen LogP contribution < -0.4 is 11.1 Å². The Labute approximate surface area is 111 Å². The highest BCUT2D eigenvalue weighted by Gasteiger charge is 2.10. The van der Waals surface area contributed by atoms with Gasteiger partial charge in [-0.3, -0.25) is 4.79 Å². The van der Waals surface area contributed by atoms with Gasteiger partial charge in [-0.05, 0) is 43.2 Å². The lowest BCUT2D eigenvalue weighted by Gasteiger charge is -2.07. The first-order valence-electron chi connectivity index (χ1n) is 5.86. The highest BCUT2D eigenvalue weighted by atomic mass is 32.1. The maximum Gasteiger partial charge on any atom is 0.265 e. The van der Waals surface area contributed by atoms with E-state index in [1.807, 2.05) is 31.2 Å². The molecule has 1 aromatic carbocycles. The second kappa shape index (κ2) is 5.23. The Hall–Kier alpha value is -1.81. The van der Waals surface area contributed by atoms with E-state index in [0.717, 1.165) is 12.0 Å². The molecule has 0 spiro atoms. The lowest BCUT2D eigenvalue weighted by atomic mass is 10.2. The van der Waals surface area contributed by atoms with Crippen LogP contribution in [0.25, 0.3) is 0 Å². The minimum absolute atomic E-state index is 0.1000. The predicted molar refractivity (Wildman–Crippen MR) is 77.2 cm³/mol. The van der Waals surface area contributed by atoms with Crippen molar-refractivity contribution in [2.75, 3.05) is 11.1 Å². The average molecular weight is 260 g/mol. The van der Waals surface area contributed by atoms with E-state index in [1.54, 1.807) is 6.07 Å². The lowest BCUT2D eigenvalue weighted by molar-refractivity contribution is 0.103. The molecule has 4 heteroatoms. The van der Waals surface area contributed by atoms with Crippen LogP contribution in [0.1, 0.15) is 27.0 Å². The van der Waals surface area contributed by atoms with E-state index in [0.29, 0.717) is 16.3 Å². The summed E-state index contributed by atoms with van der Waals surface area (Å²) in [6, 6.07) is 9.44. The third-order valence-electron chi connectivity index (χ3n) is 2.69. The maximum atomic E-state index is 12.1. The van der Waals surface area contributed by atoms with E-state index >= 15 is 0 Å². The van der Waals surface area contributed by atoms with Crippen LogP contribution in [0.4, 0.5) is 11.4 Å². The van der Waals surface area contributed by atoms with Crippen molar-refractivity contribution in [2.45, 2.75) is 20.3 Å². The summed E-state index contributed by atoms with van der Waals surface area (Å²) in [4.78, 5) is 14.0. The molecule has 0 radical (unpaired) electrons. The molecule has 0 aliphatic carbocycles. The molecule has 2 aromatic rings. The van der Waals surface area contributed by atoms with Gasteiger partial charge in [-0.15, -0.1) is 11.3 Å². The van der Waals surface area contributed by atoms with Gasteiger partial charge in [0.25, 0.3) is 5.91 Å². The van der Waals surface area contributed by atoms with E-state index in [1.165, 1.54) is 16.2 Å². The summed E-state index contributed by atoms with van der Waals surface area (Å²) in [7, 11) is 0. The van der Waals surface area contributed by atoms with Gasteiger partial charge in [0, 0.05) is 4.88 Å². The zero-order valence-electron chi connectivity index (χ0n) is 10.5. The number of carbonyl (C=O) groups is 1. The number of rotatable bonds is 3. The van der Waals surface area contributed by atoms with Crippen LogP contribution in [-0.2, 0) is 6.42 Å². The van der Waals surface area contributed by atoms with Crippen LogP contribution in [0.5, 0.6) is 0 Å². The minimum Gasteiger partial charge on any atom is -0.397 e. The summed E-state index contributed by atoms with van der Waals surface area (Å²) in [6.45, 7) is 4.04. The van der Waals surface area contributed by atoms with Gasteiger partial charge < -0.3 is 11.1 Å². The van der Waals surface area contributed by atoms with Crippen molar-refractivity contribution in [3.8, 4) is 0 Å². The fourth-order valence-electron chi connectivity index (χ4n) is 1.65. The number of carbonyl (C=O) groups excluding carboxylic acids is 1. The molecule has 0 saturated heterocycles. The second-order valence-corrected chi connectivity index (χ2v) is 5.33. The van der Waals surface area contributed by atoms with Gasteiger partial charge in [0.1, 0.15) is 0 Å². The Kier molecular flexibility index (Phi) is 3.67.